The summed E-state index contributed by atoms with van der Waals surface area (Å²) >= 11 is 0. The van der Waals surface area contributed by atoms with Gasteiger partial charge in [0.15, 0.2) is 0 Å². The van der Waals surface area contributed by atoms with E-state index in [1.54, 1.807) is 7.05 Å². The molecule has 28 heavy (non-hydrogen) atoms. The number of hydrogen-bond acceptors (Lipinski definition) is 2. The average molecular weight is 376 g/mol. The van der Waals surface area contributed by atoms with Gasteiger partial charge in [-0.3, -0.25) is 9.79 Å². The van der Waals surface area contributed by atoms with E-state index in [2.05, 4.69) is 76.5 Å². The minimum Gasteiger partial charge on any atom is -0.357 e. The summed E-state index contributed by atoms with van der Waals surface area (Å²) in [6, 6.07) is 18.4. The third-order valence-corrected chi connectivity index (χ3v) is 5.00. The number of unbranched alkanes of at least 4 members (excludes halogenated alkanes) is 2. The zero-order valence-corrected chi connectivity index (χ0v) is 16.8. The summed E-state index contributed by atoms with van der Waals surface area (Å²) < 4.78 is 2.27. The molecule has 0 aliphatic heterocycles. The first-order valence-electron chi connectivity index (χ1n) is 10.1. The molecular formula is C24H29N3O. The Hall–Kier alpha value is -2.88. The van der Waals surface area contributed by atoms with Crippen LogP contribution in [0, 0.1) is 0 Å². The highest BCUT2D eigenvalue weighted by atomic mass is 16.2. The van der Waals surface area contributed by atoms with E-state index in [1.165, 1.54) is 16.5 Å². The van der Waals surface area contributed by atoms with Gasteiger partial charge in [-0.15, -0.1) is 0 Å². The first-order chi connectivity index (χ1) is 13.7. The molecule has 0 saturated heterocycles. The maximum absolute atomic E-state index is 12.4. The van der Waals surface area contributed by atoms with Crippen molar-refractivity contribution in [2.45, 2.75) is 45.2 Å². The van der Waals surface area contributed by atoms with Crippen LogP contribution < -0.4 is 5.32 Å². The van der Waals surface area contributed by atoms with Gasteiger partial charge in [-0.25, -0.2) is 0 Å². The lowest BCUT2D eigenvalue weighted by Crippen LogP contribution is -2.32. The van der Waals surface area contributed by atoms with E-state index in [0.717, 1.165) is 31.4 Å². The number of nitrogens with zero attached hydrogens (tertiary/aromatic N) is 2. The number of carbonyl (C=O) groups is 1. The van der Waals surface area contributed by atoms with E-state index in [0.29, 0.717) is 6.42 Å². The first-order valence-corrected chi connectivity index (χ1v) is 10.1. The van der Waals surface area contributed by atoms with E-state index >= 15 is 0 Å². The zero-order valence-electron chi connectivity index (χ0n) is 16.8. The van der Waals surface area contributed by atoms with Crippen molar-refractivity contribution in [3.05, 3.63) is 71.9 Å². The van der Waals surface area contributed by atoms with Crippen LogP contribution in [0.2, 0.25) is 0 Å². The lowest BCUT2D eigenvalue weighted by atomic mass is 10.0. The maximum atomic E-state index is 12.4. The van der Waals surface area contributed by atoms with Gasteiger partial charge >= 0.3 is 0 Å². The molecule has 0 aliphatic rings. The van der Waals surface area contributed by atoms with Crippen molar-refractivity contribution in [1.82, 2.24) is 9.88 Å². The smallest absolute Gasteiger partial charge is 0.244 e. The van der Waals surface area contributed by atoms with Crippen LogP contribution in [0.4, 0.5) is 0 Å². The first kappa shape index (κ1) is 19.9. The number of hydrogen-bond donors (Lipinski definition) is 1. The minimum absolute atomic E-state index is 0.0346. The van der Waals surface area contributed by atoms with Gasteiger partial charge in [-0.2, -0.15) is 0 Å². The SMILES string of the molecule is CCCCC=N[C@@H](Cc1cn(Cc2ccccc2)c2ccccc12)C(=O)NC. The van der Waals surface area contributed by atoms with Gasteiger partial charge < -0.3 is 9.88 Å². The molecule has 1 atom stereocenters. The number of carbonyl (C=O) groups excluding carboxylic acids is 1. The molecule has 1 N–H and O–H groups in total. The predicted molar refractivity (Wildman–Crippen MR) is 117 cm³/mol. The van der Waals surface area contributed by atoms with Crippen LogP contribution in [-0.4, -0.2) is 29.8 Å². The highest BCUT2D eigenvalue weighted by molar-refractivity contribution is 5.87. The monoisotopic (exact) mass is 375 g/mol. The molecule has 0 aliphatic carbocycles. The number of nitrogens with one attached hydrogen (secondary N) is 1. The molecule has 3 rings (SSSR count). The molecule has 1 aromatic heterocycles. The average Bonchev–Trinajstić information content (AvgIpc) is 3.08. The van der Waals surface area contributed by atoms with Crippen LogP contribution in [0.1, 0.15) is 37.3 Å². The van der Waals surface area contributed by atoms with Gasteiger partial charge in [0, 0.05) is 37.1 Å². The number of rotatable bonds is 9. The maximum Gasteiger partial charge on any atom is 0.244 e. The molecule has 0 fully saturated rings. The Labute approximate surface area is 167 Å². The summed E-state index contributed by atoms with van der Waals surface area (Å²) in [5.41, 5.74) is 3.61. The quantitative estimate of drug-likeness (QED) is 0.431. The van der Waals surface area contributed by atoms with Crippen molar-refractivity contribution in [3.63, 3.8) is 0 Å². The lowest BCUT2D eigenvalue weighted by Gasteiger charge is -2.10. The third kappa shape index (κ3) is 4.89. The number of aromatic nitrogens is 1. The van der Waals surface area contributed by atoms with Crippen molar-refractivity contribution in [3.8, 4) is 0 Å². The Morgan fingerprint density at radius 3 is 2.64 bits per heavy atom. The summed E-state index contributed by atoms with van der Waals surface area (Å²) in [7, 11) is 1.68. The third-order valence-electron chi connectivity index (χ3n) is 5.00. The van der Waals surface area contributed by atoms with E-state index in [1.807, 2.05) is 12.3 Å². The van der Waals surface area contributed by atoms with Crippen LogP contribution in [0.25, 0.3) is 10.9 Å². The Morgan fingerprint density at radius 1 is 1.14 bits per heavy atom. The van der Waals surface area contributed by atoms with Crippen LogP contribution >= 0.6 is 0 Å². The fraction of sp³-hybridized carbons (Fsp3) is 0.333. The summed E-state index contributed by atoms with van der Waals surface area (Å²) in [6.07, 6.45) is 7.83. The molecule has 0 spiro atoms. The predicted octanol–water partition coefficient (Wildman–Crippen LogP) is 4.61. The molecule has 146 valence electrons. The normalized spacial score (nSPS) is 12.5. The number of amides is 1. The van der Waals surface area contributed by atoms with Crippen molar-refractivity contribution >= 4 is 23.0 Å². The van der Waals surface area contributed by atoms with Crippen LogP contribution in [-0.2, 0) is 17.8 Å². The van der Waals surface area contributed by atoms with Crippen molar-refractivity contribution in [2.75, 3.05) is 7.05 Å². The standard InChI is InChI=1S/C24H29N3O/c1-3-4-10-15-26-22(24(28)25-2)16-20-18-27(17-19-11-6-5-7-12-19)23-14-9-8-13-21(20)23/h5-9,11-15,18,22H,3-4,10,16-17H2,1-2H3,(H,25,28)/t22-/m0/s1. The molecule has 4 nitrogen and oxygen atoms in total. The second-order valence-electron chi connectivity index (χ2n) is 7.09. The van der Waals surface area contributed by atoms with Crippen molar-refractivity contribution in [1.29, 1.82) is 0 Å². The molecule has 2 aromatic carbocycles. The number of fused-ring (bicyclic) bond motifs is 1. The Bertz CT molecular complexity index is 927. The zero-order chi connectivity index (χ0) is 19.8. The molecule has 0 saturated carbocycles. The summed E-state index contributed by atoms with van der Waals surface area (Å²) in [5, 5.41) is 3.95. The van der Waals surface area contributed by atoms with Gasteiger partial charge in [-0.05, 0) is 36.2 Å². The van der Waals surface area contributed by atoms with Gasteiger partial charge in [0.2, 0.25) is 5.91 Å². The van der Waals surface area contributed by atoms with E-state index < -0.39 is 6.04 Å². The molecule has 3 aromatic rings. The van der Waals surface area contributed by atoms with Crippen LogP contribution in [0.15, 0.2) is 65.8 Å². The number of para-hydroxylation sites is 1. The van der Waals surface area contributed by atoms with Gasteiger partial charge in [0.25, 0.3) is 0 Å². The molecular weight excluding hydrogens is 346 g/mol. The largest absolute Gasteiger partial charge is 0.357 e. The van der Waals surface area contributed by atoms with Crippen LogP contribution in [0.5, 0.6) is 0 Å². The van der Waals surface area contributed by atoms with Crippen LogP contribution in [0.3, 0.4) is 0 Å². The number of likely N-dealkylation sites (N-methyl/N-ethyl adjacent to an activating group) is 1. The Morgan fingerprint density at radius 2 is 1.89 bits per heavy atom. The van der Waals surface area contributed by atoms with Gasteiger partial charge in [-0.1, -0.05) is 61.9 Å². The Balaban J connectivity index is 1.88. The molecule has 4 heteroatoms. The Kier molecular flexibility index (Phi) is 7.01. The minimum atomic E-state index is -0.391. The topological polar surface area (TPSA) is 46.4 Å². The number of aliphatic imine (C=N–C) groups is 1. The second-order valence-corrected chi connectivity index (χ2v) is 7.09. The summed E-state index contributed by atoms with van der Waals surface area (Å²) in [6.45, 7) is 2.97. The molecule has 1 heterocycles. The highest BCUT2D eigenvalue weighted by Crippen LogP contribution is 2.24. The van der Waals surface area contributed by atoms with Crippen molar-refractivity contribution in [2.24, 2.45) is 4.99 Å². The van der Waals surface area contributed by atoms with Crippen molar-refractivity contribution < 1.29 is 4.79 Å². The van der Waals surface area contributed by atoms with E-state index in [4.69, 9.17) is 0 Å². The molecule has 1 amide bonds. The summed E-state index contributed by atoms with van der Waals surface area (Å²) in [5.74, 6) is -0.0346. The molecule has 0 bridgehead atoms. The van der Waals surface area contributed by atoms with E-state index in [-0.39, 0.29) is 5.91 Å². The lowest BCUT2D eigenvalue weighted by molar-refractivity contribution is -0.121. The fourth-order valence-electron chi connectivity index (χ4n) is 3.48. The van der Waals surface area contributed by atoms with Gasteiger partial charge in [0.1, 0.15) is 6.04 Å². The fourth-order valence-corrected chi connectivity index (χ4v) is 3.48. The highest BCUT2D eigenvalue weighted by Gasteiger charge is 2.19. The van der Waals surface area contributed by atoms with E-state index in [9.17, 15) is 4.79 Å². The summed E-state index contributed by atoms with van der Waals surface area (Å²) in [4.78, 5) is 17.0. The molecule has 0 radical (unpaired) electrons. The van der Waals surface area contributed by atoms with Gasteiger partial charge in [0.05, 0.1) is 0 Å². The molecule has 0 unspecified atom stereocenters. The second kappa shape index (κ2) is 9.88. The number of benzene rings is 2.